The van der Waals surface area contributed by atoms with Crippen molar-refractivity contribution >= 4 is 0 Å². The molecule has 0 aromatic heterocycles. The number of nitriles is 1. The molecule has 0 heterocycles. The van der Waals surface area contributed by atoms with Crippen LogP contribution in [0, 0.1) is 23.0 Å². The van der Waals surface area contributed by atoms with Crippen LogP contribution in [0.15, 0.2) is 6.07 Å². The molecule has 3 nitrogen and oxygen atoms in total. The molecule has 0 aliphatic carbocycles. The van der Waals surface area contributed by atoms with E-state index in [-0.39, 0.29) is 11.3 Å². The largest absolute Gasteiger partial charge is 0.503 e. The smallest absolute Gasteiger partial charge is 0.209 e. The van der Waals surface area contributed by atoms with Crippen molar-refractivity contribution in [2.45, 2.75) is 12.8 Å². The van der Waals surface area contributed by atoms with E-state index in [4.69, 9.17) is 10.4 Å². The molecule has 0 saturated carbocycles. The molecule has 15 heavy (non-hydrogen) atoms. The molecule has 80 valence electrons. The Labute approximate surface area is 85.5 Å². The summed E-state index contributed by atoms with van der Waals surface area (Å²) in [6.45, 7) is 1.48. The number of halogens is 2. The summed E-state index contributed by atoms with van der Waals surface area (Å²) in [6.07, 6.45) is 0. The molecule has 0 fully saturated rings. The van der Waals surface area contributed by atoms with Gasteiger partial charge in [-0.1, -0.05) is 0 Å². The van der Waals surface area contributed by atoms with Crippen LogP contribution in [-0.2, 0) is 0 Å². The van der Waals surface area contributed by atoms with E-state index in [9.17, 15) is 8.78 Å². The van der Waals surface area contributed by atoms with Crippen LogP contribution >= 0.6 is 0 Å². The summed E-state index contributed by atoms with van der Waals surface area (Å²) in [4.78, 5) is 0. The fourth-order valence-corrected chi connectivity index (χ4v) is 1.21. The molecule has 1 aromatic carbocycles. The molecule has 1 N–H and O–H groups in total. The Hall–Kier alpha value is -1.83. The minimum absolute atomic E-state index is 0.0767. The Morgan fingerprint density at radius 1 is 1.53 bits per heavy atom. The third kappa shape index (κ3) is 1.84. The van der Waals surface area contributed by atoms with Crippen LogP contribution in [0.2, 0.25) is 0 Å². The van der Waals surface area contributed by atoms with Gasteiger partial charge >= 0.3 is 0 Å². The first-order valence-corrected chi connectivity index (χ1v) is 4.17. The number of hydrogen-bond acceptors (Lipinski definition) is 3. The van der Waals surface area contributed by atoms with Crippen molar-refractivity contribution in [2.75, 3.05) is 7.11 Å². The number of benzene rings is 1. The Kier molecular flexibility index (Phi) is 3.10. The third-order valence-electron chi connectivity index (χ3n) is 2.04. The number of aromatic hydroxyl groups is 1. The van der Waals surface area contributed by atoms with Gasteiger partial charge in [0.05, 0.1) is 19.1 Å². The van der Waals surface area contributed by atoms with Gasteiger partial charge in [-0.15, -0.1) is 0 Å². The maximum absolute atomic E-state index is 13.3. The van der Waals surface area contributed by atoms with E-state index in [1.165, 1.54) is 14.0 Å². The summed E-state index contributed by atoms with van der Waals surface area (Å²) in [7, 11) is 1.18. The lowest BCUT2D eigenvalue weighted by atomic mass is 10.0. The topological polar surface area (TPSA) is 53.2 Å². The first kappa shape index (κ1) is 11.2. The summed E-state index contributed by atoms with van der Waals surface area (Å²) in [5, 5.41) is 17.6. The van der Waals surface area contributed by atoms with Crippen molar-refractivity contribution in [3.8, 4) is 17.6 Å². The zero-order chi connectivity index (χ0) is 11.6. The number of rotatable bonds is 2. The average molecular weight is 213 g/mol. The van der Waals surface area contributed by atoms with E-state index in [2.05, 4.69) is 4.74 Å². The van der Waals surface area contributed by atoms with Gasteiger partial charge in [0.25, 0.3) is 0 Å². The molecule has 0 saturated heterocycles. The molecular formula is C10H9F2NO2. The zero-order valence-corrected chi connectivity index (χ0v) is 8.21. The first-order chi connectivity index (χ1) is 7.02. The predicted octanol–water partition coefficient (Wildman–Crippen LogP) is 2.31. The van der Waals surface area contributed by atoms with Gasteiger partial charge in [-0.2, -0.15) is 9.65 Å². The van der Waals surface area contributed by atoms with Crippen molar-refractivity contribution in [2.24, 2.45) is 0 Å². The molecule has 1 unspecified atom stereocenters. The van der Waals surface area contributed by atoms with Crippen molar-refractivity contribution in [1.29, 1.82) is 5.26 Å². The number of phenolic OH excluding ortho intramolecular Hbond substituents is 1. The maximum Gasteiger partial charge on any atom is 0.209 e. The van der Waals surface area contributed by atoms with Gasteiger partial charge in [0.1, 0.15) is 0 Å². The first-order valence-electron chi connectivity index (χ1n) is 4.17. The van der Waals surface area contributed by atoms with Crippen LogP contribution in [0.4, 0.5) is 8.78 Å². The number of methoxy groups -OCH3 is 1. The monoisotopic (exact) mass is 213 g/mol. The Balaban J connectivity index is 3.46. The minimum Gasteiger partial charge on any atom is -0.503 e. The minimum atomic E-state index is -1.19. The van der Waals surface area contributed by atoms with Gasteiger partial charge in [0.15, 0.2) is 17.3 Å². The van der Waals surface area contributed by atoms with Gasteiger partial charge in [-0.05, 0) is 13.0 Å². The molecule has 0 radical (unpaired) electrons. The molecule has 1 rings (SSSR count). The van der Waals surface area contributed by atoms with Crippen molar-refractivity contribution < 1.29 is 18.6 Å². The molecule has 1 atom stereocenters. The normalized spacial score (nSPS) is 11.9. The fourth-order valence-electron chi connectivity index (χ4n) is 1.21. The number of nitrogens with zero attached hydrogens (tertiary/aromatic N) is 1. The lowest BCUT2D eigenvalue weighted by Crippen LogP contribution is -2.00. The molecule has 1 aromatic rings. The van der Waals surface area contributed by atoms with Crippen LogP contribution in [0.3, 0.4) is 0 Å². The van der Waals surface area contributed by atoms with Crippen LogP contribution in [0.5, 0.6) is 11.5 Å². The molecular weight excluding hydrogens is 204 g/mol. The number of hydrogen-bond donors (Lipinski definition) is 1. The summed E-state index contributed by atoms with van der Waals surface area (Å²) in [5.74, 6) is -4.41. The van der Waals surface area contributed by atoms with E-state index >= 15 is 0 Å². The van der Waals surface area contributed by atoms with E-state index in [1.54, 1.807) is 0 Å². The van der Waals surface area contributed by atoms with Crippen LogP contribution < -0.4 is 4.74 Å². The molecule has 0 spiro atoms. The van der Waals surface area contributed by atoms with Crippen molar-refractivity contribution in [1.82, 2.24) is 0 Å². The summed E-state index contributed by atoms with van der Waals surface area (Å²) >= 11 is 0. The molecule has 0 aliphatic rings. The van der Waals surface area contributed by atoms with E-state index in [0.717, 1.165) is 6.07 Å². The quantitative estimate of drug-likeness (QED) is 0.820. The highest BCUT2D eigenvalue weighted by atomic mass is 19.1. The zero-order valence-electron chi connectivity index (χ0n) is 8.21. The van der Waals surface area contributed by atoms with Crippen molar-refractivity contribution in [3.63, 3.8) is 0 Å². The molecule has 0 bridgehead atoms. The molecule has 5 heteroatoms. The van der Waals surface area contributed by atoms with Gasteiger partial charge < -0.3 is 9.84 Å². The van der Waals surface area contributed by atoms with Gasteiger partial charge in [0.2, 0.25) is 5.82 Å². The van der Waals surface area contributed by atoms with Crippen LogP contribution in [0.25, 0.3) is 0 Å². The van der Waals surface area contributed by atoms with Gasteiger partial charge in [-0.25, -0.2) is 4.39 Å². The van der Waals surface area contributed by atoms with Gasteiger partial charge in [-0.3, -0.25) is 0 Å². The molecule has 0 aliphatic heterocycles. The Bertz CT molecular complexity index is 426. The predicted molar refractivity (Wildman–Crippen MR) is 48.6 cm³/mol. The fraction of sp³-hybridized carbons (Fsp3) is 0.300. The number of ether oxygens (including phenoxy) is 1. The standard InChI is InChI=1S/C10H9F2NO2/c1-5(4-13)6-3-7(11)9(14)8(12)10(6)15-2/h3,5,14H,1-2H3. The highest BCUT2D eigenvalue weighted by Crippen LogP contribution is 2.35. The van der Waals surface area contributed by atoms with E-state index in [1.807, 2.05) is 6.07 Å². The summed E-state index contributed by atoms with van der Waals surface area (Å²) in [5.41, 5.74) is 0.0767. The SMILES string of the molecule is COc1c(C(C)C#N)cc(F)c(O)c1F. The van der Waals surface area contributed by atoms with E-state index < -0.39 is 23.3 Å². The second-order valence-electron chi connectivity index (χ2n) is 2.99. The van der Waals surface area contributed by atoms with Crippen LogP contribution in [-0.4, -0.2) is 12.2 Å². The highest BCUT2D eigenvalue weighted by molar-refractivity contribution is 5.46. The number of phenols is 1. The molecule has 0 amide bonds. The van der Waals surface area contributed by atoms with Crippen LogP contribution in [0.1, 0.15) is 18.4 Å². The van der Waals surface area contributed by atoms with Crippen molar-refractivity contribution in [3.05, 3.63) is 23.3 Å². The summed E-state index contributed by atoms with van der Waals surface area (Å²) < 4.78 is 31.0. The van der Waals surface area contributed by atoms with E-state index in [0.29, 0.717) is 0 Å². The lowest BCUT2D eigenvalue weighted by Gasteiger charge is -2.12. The second kappa shape index (κ2) is 4.13. The average Bonchev–Trinajstić information content (AvgIpc) is 2.24. The Morgan fingerprint density at radius 3 is 2.60 bits per heavy atom. The maximum atomic E-state index is 13.3. The highest BCUT2D eigenvalue weighted by Gasteiger charge is 2.21. The third-order valence-corrected chi connectivity index (χ3v) is 2.04. The van der Waals surface area contributed by atoms with Gasteiger partial charge in [0, 0.05) is 5.56 Å². The summed E-state index contributed by atoms with van der Waals surface area (Å²) in [6, 6.07) is 2.73. The Morgan fingerprint density at radius 2 is 2.13 bits per heavy atom. The lowest BCUT2D eigenvalue weighted by molar-refractivity contribution is 0.345. The second-order valence-corrected chi connectivity index (χ2v) is 2.99.